The van der Waals surface area contributed by atoms with Crippen molar-refractivity contribution in [2.45, 2.75) is 77.6 Å². The normalized spacial score (nSPS) is 16.2. The van der Waals surface area contributed by atoms with Gasteiger partial charge < -0.3 is 14.6 Å². The number of aromatic nitrogens is 1. The van der Waals surface area contributed by atoms with E-state index in [1.54, 1.807) is 0 Å². The number of nitrogens with zero attached hydrogens (tertiary/aromatic N) is 1. The van der Waals surface area contributed by atoms with Gasteiger partial charge in [-0.3, -0.25) is 0 Å². The Bertz CT molecular complexity index is 992. The number of carboxylic acids is 1. The highest BCUT2D eigenvalue weighted by Crippen LogP contribution is 2.47. The molecule has 1 aliphatic carbocycles. The molecule has 0 aliphatic heterocycles. The number of benzene rings is 1. The van der Waals surface area contributed by atoms with Crippen molar-refractivity contribution in [1.82, 2.24) is 4.98 Å². The molecule has 1 heterocycles. The number of carboxylic acid groups (broad SMARTS) is 1. The molecule has 0 saturated heterocycles. The van der Waals surface area contributed by atoms with Crippen LogP contribution < -0.4 is 9.47 Å². The zero-order valence-corrected chi connectivity index (χ0v) is 19.7. The van der Waals surface area contributed by atoms with Gasteiger partial charge in [-0.25, -0.2) is 14.6 Å². The van der Waals surface area contributed by atoms with Crippen LogP contribution in [0.3, 0.4) is 0 Å². The monoisotopic (exact) mass is 439 g/mol. The number of esters is 1. The average Bonchev–Trinajstić information content (AvgIpc) is 2.74. The third kappa shape index (κ3) is 5.12. The van der Waals surface area contributed by atoms with Crippen LogP contribution in [0, 0.1) is 0 Å². The molecule has 0 bridgehead atoms. The molecule has 172 valence electrons. The van der Waals surface area contributed by atoms with Crippen LogP contribution in [-0.4, -0.2) is 28.6 Å². The Morgan fingerprint density at radius 2 is 1.69 bits per heavy atom. The molecule has 6 nitrogen and oxygen atoms in total. The standard InChI is InChI=1S/C26H33NO5/c1-6-7-8-13-31-21-15-20-19(25(2,3)11-12-26(20,4)5)14-18(21)24(30)32-22-10-9-17(16-27-22)23(28)29/h9-10,14-16H,6-8,11-13H2,1-5H3,(H,28,29). The minimum absolute atomic E-state index is 0.0109. The van der Waals surface area contributed by atoms with E-state index in [-0.39, 0.29) is 22.3 Å². The number of ether oxygens (including phenoxy) is 2. The first-order valence-corrected chi connectivity index (χ1v) is 11.3. The van der Waals surface area contributed by atoms with Gasteiger partial charge in [0.2, 0.25) is 5.88 Å². The van der Waals surface area contributed by atoms with Gasteiger partial charge in [-0.1, -0.05) is 47.5 Å². The van der Waals surface area contributed by atoms with Crippen molar-refractivity contribution in [3.8, 4) is 11.6 Å². The Morgan fingerprint density at radius 3 is 2.25 bits per heavy atom. The van der Waals surface area contributed by atoms with Crippen molar-refractivity contribution in [2.75, 3.05) is 6.61 Å². The average molecular weight is 440 g/mol. The van der Waals surface area contributed by atoms with Gasteiger partial charge in [-0.2, -0.15) is 0 Å². The molecule has 1 aromatic heterocycles. The fraction of sp³-hybridized carbons (Fsp3) is 0.500. The third-order valence-electron chi connectivity index (χ3n) is 6.36. The molecule has 6 heteroatoms. The Labute approximate surface area is 190 Å². The summed E-state index contributed by atoms with van der Waals surface area (Å²) >= 11 is 0. The van der Waals surface area contributed by atoms with E-state index < -0.39 is 11.9 Å². The number of hydrogen-bond donors (Lipinski definition) is 1. The van der Waals surface area contributed by atoms with Gasteiger partial charge in [-0.05, 0) is 59.4 Å². The molecule has 0 amide bonds. The molecule has 0 atom stereocenters. The minimum Gasteiger partial charge on any atom is -0.493 e. The van der Waals surface area contributed by atoms with E-state index >= 15 is 0 Å². The molecule has 1 N–H and O–H groups in total. The molecule has 1 aliphatic rings. The predicted octanol–water partition coefficient (Wildman–Crippen LogP) is 5.92. The fourth-order valence-electron chi connectivity index (χ4n) is 4.12. The summed E-state index contributed by atoms with van der Waals surface area (Å²) in [6.07, 6.45) is 6.31. The van der Waals surface area contributed by atoms with Gasteiger partial charge in [0.15, 0.2) is 0 Å². The van der Waals surface area contributed by atoms with E-state index in [4.69, 9.17) is 14.6 Å². The van der Waals surface area contributed by atoms with Crippen molar-refractivity contribution in [3.05, 3.63) is 52.7 Å². The van der Waals surface area contributed by atoms with Gasteiger partial charge in [0, 0.05) is 12.3 Å². The van der Waals surface area contributed by atoms with Gasteiger partial charge in [0.25, 0.3) is 0 Å². The summed E-state index contributed by atoms with van der Waals surface area (Å²) in [5.41, 5.74) is 2.67. The molecule has 32 heavy (non-hydrogen) atoms. The summed E-state index contributed by atoms with van der Waals surface area (Å²) in [6, 6.07) is 6.67. The molecular weight excluding hydrogens is 406 g/mol. The van der Waals surface area contributed by atoms with Crippen molar-refractivity contribution in [1.29, 1.82) is 0 Å². The first-order valence-electron chi connectivity index (χ1n) is 11.3. The highest BCUT2D eigenvalue weighted by molar-refractivity contribution is 5.94. The lowest BCUT2D eigenvalue weighted by molar-refractivity contribution is 0.0696. The maximum atomic E-state index is 13.1. The third-order valence-corrected chi connectivity index (χ3v) is 6.36. The number of carbonyl (C=O) groups is 2. The van der Waals surface area contributed by atoms with Crippen molar-refractivity contribution in [2.24, 2.45) is 0 Å². The van der Waals surface area contributed by atoms with Crippen molar-refractivity contribution >= 4 is 11.9 Å². The second-order valence-electron chi connectivity index (χ2n) is 9.80. The Morgan fingerprint density at radius 1 is 1.03 bits per heavy atom. The Kier molecular flexibility index (Phi) is 6.91. The molecule has 2 aromatic rings. The lowest BCUT2D eigenvalue weighted by atomic mass is 9.63. The first-order chi connectivity index (χ1) is 15.0. The molecule has 1 aromatic carbocycles. The summed E-state index contributed by atoms with van der Waals surface area (Å²) in [6.45, 7) is 11.5. The van der Waals surface area contributed by atoms with Crippen LogP contribution >= 0.6 is 0 Å². The quantitative estimate of drug-likeness (QED) is 0.406. The molecule has 0 unspecified atom stereocenters. The molecule has 0 saturated carbocycles. The maximum Gasteiger partial charge on any atom is 0.348 e. The molecular formula is C26H33NO5. The number of aromatic carboxylic acids is 1. The maximum absolute atomic E-state index is 13.1. The summed E-state index contributed by atoms with van der Waals surface area (Å²) in [7, 11) is 0. The summed E-state index contributed by atoms with van der Waals surface area (Å²) in [4.78, 5) is 28.1. The van der Waals surface area contributed by atoms with Crippen LogP contribution in [0.5, 0.6) is 11.6 Å². The van der Waals surface area contributed by atoms with Gasteiger partial charge >= 0.3 is 11.9 Å². The first kappa shape index (κ1) is 23.8. The number of hydrogen-bond acceptors (Lipinski definition) is 5. The van der Waals surface area contributed by atoms with Crippen LogP contribution in [0.2, 0.25) is 0 Å². The Hall–Kier alpha value is -2.89. The summed E-state index contributed by atoms with van der Waals surface area (Å²) < 4.78 is 11.6. The lowest BCUT2D eigenvalue weighted by Crippen LogP contribution is -2.34. The van der Waals surface area contributed by atoms with E-state index in [1.165, 1.54) is 23.9 Å². The van der Waals surface area contributed by atoms with Crippen LogP contribution in [0.1, 0.15) is 98.6 Å². The largest absolute Gasteiger partial charge is 0.493 e. The van der Waals surface area contributed by atoms with Crippen LogP contribution in [-0.2, 0) is 10.8 Å². The van der Waals surface area contributed by atoms with Crippen molar-refractivity contribution in [3.63, 3.8) is 0 Å². The minimum atomic E-state index is -1.09. The zero-order valence-electron chi connectivity index (χ0n) is 19.7. The zero-order chi connectivity index (χ0) is 23.5. The second kappa shape index (κ2) is 9.31. The van der Waals surface area contributed by atoms with E-state index in [9.17, 15) is 9.59 Å². The summed E-state index contributed by atoms with van der Waals surface area (Å²) in [5.74, 6) is -1.07. The van der Waals surface area contributed by atoms with E-state index in [0.717, 1.165) is 37.7 Å². The van der Waals surface area contributed by atoms with E-state index in [0.29, 0.717) is 17.9 Å². The lowest BCUT2D eigenvalue weighted by Gasteiger charge is -2.42. The van der Waals surface area contributed by atoms with Gasteiger partial charge in [0.05, 0.1) is 12.2 Å². The second-order valence-corrected chi connectivity index (χ2v) is 9.80. The fourth-order valence-corrected chi connectivity index (χ4v) is 4.12. The summed E-state index contributed by atoms with van der Waals surface area (Å²) in [5, 5.41) is 9.03. The predicted molar refractivity (Wildman–Crippen MR) is 123 cm³/mol. The number of pyridine rings is 1. The number of fused-ring (bicyclic) bond motifs is 1. The van der Waals surface area contributed by atoms with Crippen LogP contribution in [0.4, 0.5) is 0 Å². The number of unbranched alkanes of at least 4 members (excludes halogenated alkanes) is 2. The van der Waals surface area contributed by atoms with Crippen LogP contribution in [0.25, 0.3) is 0 Å². The number of carbonyl (C=O) groups excluding carboxylic acids is 1. The SMILES string of the molecule is CCCCCOc1cc2c(cc1C(=O)Oc1ccc(C(=O)O)cn1)C(C)(C)CCC2(C)C. The van der Waals surface area contributed by atoms with E-state index in [1.807, 2.05) is 12.1 Å². The van der Waals surface area contributed by atoms with Crippen LogP contribution in [0.15, 0.2) is 30.5 Å². The molecule has 0 fully saturated rings. The highest BCUT2D eigenvalue weighted by atomic mass is 16.5. The molecule has 3 rings (SSSR count). The highest BCUT2D eigenvalue weighted by Gasteiger charge is 2.38. The topological polar surface area (TPSA) is 85.7 Å². The number of rotatable bonds is 8. The molecule has 0 radical (unpaired) electrons. The Balaban J connectivity index is 1.97. The smallest absolute Gasteiger partial charge is 0.348 e. The van der Waals surface area contributed by atoms with Crippen molar-refractivity contribution < 1.29 is 24.2 Å². The molecule has 0 spiro atoms. The van der Waals surface area contributed by atoms with E-state index in [2.05, 4.69) is 39.6 Å². The van der Waals surface area contributed by atoms with Gasteiger partial charge in [-0.15, -0.1) is 0 Å². The van der Waals surface area contributed by atoms with Gasteiger partial charge in [0.1, 0.15) is 11.3 Å².